The first-order valence-corrected chi connectivity index (χ1v) is 8.22. The zero-order valence-electron chi connectivity index (χ0n) is 13.8. The molecule has 8 heteroatoms. The molecule has 1 aromatic heterocycles. The van der Waals surface area contributed by atoms with E-state index in [2.05, 4.69) is 0 Å². The third kappa shape index (κ3) is 3.67. The summed E-state index contributed by atoms with van der Waals surface area (Å²) in [5.74, 6) is 0.370. The first-order chi connectivity index (χ1) is 11.8. The number of nitro benzene ring substituents is 1. The van der Waals surface area contributed by atoms with Crippen molar-refractivity contribution in [1.29, 1.82) is 0 Å². The number of furan rings is 1. The topological polar surface area (TPSA) is 85.8 Å². The lowest BCUT2D eigenvalue weighted by Gasteiger charge is -2.34. The molecule has 0 aliphatic carbocycles. The summed E-state index contributed by atoms with van der Waals surface area (Å²) in [7, 11) is 0. The highest BCUT2D eigenvalue weighted by molar-refractivity contribution is 6.33. The monoisotopic (exact) mass is 364 g/mol. The van der Waals surface area contributed by atoms with Gasteiger partial charge in [-0.05, 0) is 32.0 Å². The van der Waals surface area contributed by atoms with Gasteiger partial charge in [0.2, 0.25) is 0 Å². The smallest absolute Gasteiger partial charge is 0.289 e. The maximum atomic E-state index is 12.6. The lowest BCUT2D eigenvalue weighted by Crippen LogP contribution is -2.48. The first-order valence-electron chi connectivity index (χ1n) is 7.84. The molecule has 0 radical (unpaired) electrons. The second kappa shape index (κ2) is 6.85. The van der Waals surface area contributed by atoms with Crippen LogP contribution in [0.3, 0.4) is 0 Å². The summed E-state index contributed by atoms with van der Waals surface area (Å²) in [6.07, 6.45) is -0.0718. The molecule has 1 aromatic carbocycles. The Balaban J connectivity index is 1.83. The van der Waals surface area contributed by atoms with Crippen LogP contribution < -0.4 is 0 Å². The minimum Gasteiger partial charge on any atom is -0.451 e. The molecule has 1 aliphatic heterocycles. The van der Waals surface area contributed by atoms with Crippen LogP contribution in [-0.2, 0) is 4.74 Å². The number of nitro groups is 1. The van der Waals surface area contributed by atoms with E-state index in [4.69, 9.17) is 20.8 Å². The maximum Gasteiger partial charge on any atom is 0.289 e. The summed E-state index contributed by atoms with van der Waals surface area (Å²) in [5.41, 5.74) is 0.392. The molecule has 132 valence electrons. The largest absolute Gasteiger partial charge is 0.451 e. The number of hydrogen-bond donors (Lipinski definition) is 0. The van der Waals surface area contributed by atoms with Gasteiger partial charge in [0.25, 0.3) is 11.6 Å². The van der Waals surface area contributed by atoms with Crippen molar-refractivity contribution < 1.29 is 18.9 Å². The fourth-order valence-electron chi connectivity index (χ4n) is 2.91. The average molecular weight is 365 g/mol. The van der Waals surface area contributed by atoms with E-state index in [1.807, 2.05) is 13.8 Å². The second-order valence-corrected chi connectivity index (χ2v) is 6.46. The Morgan fingerprint density at radius 2 is 1.92 bits per heavy atom. The van der Waals surface area contributed by atoms with Crippen LogP contribution in [-0.4, -0.2) is 41.0 Å². The SMILES string of the molecule is C[C@@H]1CN(C(=O)c2ccc(-c3ccc([N+](=O)[O-])cc3Cl)o2)C[C@@H](C)O1. The number of ether oxygens (including phenoxy) is 1. The fourth-order valence-corrected chi connectivity index (χ4v) is 3.18. The van der Waals surface area contributed by atoms with Crippen molar-refractivity contribution in [2.45, 2.75) is 26.1 Å². The molecule has 2 atom stereocenters. The van der Waals surface area contributed by atoms with Gasteiger partial charge < -0.3 is 14.1 Å². The van der Waals surface area contributed by atoms with E-state index in [1.54, 1.807) is 17.0 Å². The third-order valence-electron chi connectivity index (χ3n) is 3.95. The van der Waals surface area contributed by atoms with Crippen LogP contribution in [0.5, 0.6) is 0 Å². The minimum absolute atomic E-state index is 0.0359. The van der Waals surface area contributed by atoms with Gasteiger partial charge in [0.15, 0.2) is 5.76 Å². The number of non-ortho nitro benzene ring substituents is 1. The zero-order chi connectivity index (χ0) is 18.1. The molecule has 0 N–H and O–H groups in total. The molecule has 0 unspecified atom stereocenters. The van der Waals surface area contributed by atoms with Crippen molar-refractivity contribution in [2.75, 3.05) is 13.1 Å². The van der Waals surface area contributed by atoms with Gasteiger partial charge in [0.05, 0.1) is 22.2 Å². The summed E-state index contributed by atoms with van der Waals surface area (Å²) in [6.45, 7) is 4.83. The summed E-state index contributed by atoms with van der Waals surface area (Å²) in [6, 6.07) is 7.32. The van der Waals surface area contributed by atoms with Gasteiger partial charge in [-0.1, -0.05) is 11.6 Å². The highest BCUT2D eigenvalue weighted by atomic mass is 35.5. The van der Waals surface area contributed by atoms with Crippen molar-refractivity contribution in [3.05, 3.63) is 51.2 Å². The molecule has 1 aliphatic rings. The summed E-state index contributed by atoms with van der Waals surface area (Å²) >= 11 is 6.11. The number of morpholine rings is 1. The number of hydrogen-bond acceptors (Lipinski definition) is 5. The molecule has 0 saturated carbocycles. The van der Waals surface area contributed by atoms with Crippen LogP contribution in [0.25, 0.3) is 11.3 Å². The van der Waals surface area contributed by atoms with E-state index in [0.29, 0.717) is 24.4 Å². The van der Waals surface area contributed by atoms with Crippen LogP contribution in [0.1, 0.15) is 24.4 Å². The molecule has 2 aromatic rings. The molecule has 7 nitrogen and oxygen atoms in total. The van der Waals surface area contributed by atoms with E-state index < -0.39 is 4.92 Å². The molecular weight excluding hydrogens is 348 g/mol. The van der Waals surface area contributed by atoms with Gasteiger partial charge in [-0.3, -0.25) is 14.9 Å². The summed E-state index contributed by atoms with van der Waals surface area (Å²) in [4.78, 5) is 24.6. The number of carbonyl (C=O) groups excluding carboxylic acids is 1. The Morgan fingerprint density at radius 1 is 1.24 bits per heavy atom. The molecule has 25 heavy (non-hydrogen) atoms. The van der Waals surface area contributed by atoms with E-state index in [0.717, 1.165) is 0 Å². The van der Waals surface area contributed by atoms with Gasteiger partial charge >= 0.3 is 0 Å². The van der Waals surface area contributed by atoms with Gasteiger partial charge in [-0.2, -0.15) is 0 Å². The van der Waals surface area contributed by atoms with Crippen LogP contribution in [0.4, 0.5) is 5.69 Å². The predicted molar refractivity (Wildman–Crippen MR) is 91.7 cm³/mol. The lowest BCUT2D eigenvalue weighted by molar-refractivity contribution is -0.384. The standard InChI is InChI=1S/C17H17ClN2O5/c1-10-8-19(9-11(2)24-10)17(21)16-6-5-15(25-16)13-4-3-12(20(22)23)7-14(13)18/h3-7,10-11H,8-9H2,1-2H3/t10-,11-/m1/s1. The molecule has 0 bridgehead atoms. The molecule has 3 rings (SSSR count). The van der Waals surface area contributed by atoms with E-state index in [-0.39, 0.29) is 34.6 Å². The van der Waals surface area contributed by atoms with Crippen LogP contribution >= 0.6 is 11.6 Å². The number of carbonyl (C=O) groups is 1. The molecule has 0 spiro atoms. The van der Waals surface area contributed by atoms with Crippen molar-refractivity contribution in [3.8, 4) is 11.3 Å². The van der Waals surface area contributed by atoms with Gasteiger partial charge in [-0.25, -0.2) is 0 Å². The number of halogens is 1. The van der Waals surface area contributed by atoms with Gasteiger partial charge in [-0.15, -0.1) is 0 Å². The predicted octanol–water partition coefficient (Wildman–Crippen LogP) is 3.76. The Labute approximate surface area is 149 Å². The maximum absolute atomic E-state index is 12.6. The van der Waals surface area contributed by atoms with E-state index in [9.17, 15) is 14.9 Å². The molecule has 1 amide bonds. The highest BCUT2D eigenvalue weighted by Gasteiger charge is 2.28. The van der Waals surface area contributed by atoms with E-state index in [1.165, 1.54) is 18.2 Å². The zero-order valence-corrected chi connectivity index (χ0v) is 14.5. The Bertz CT molecular complexity index is 809. The summed E-state index contributed by atoms with van der Waals surface area (Å²) in [5, 5.41) is 11.0. The van der Waals surface area contributed by atoms with Crippen molar-refractivity contribution >= 4 is 23.2 Å². The first kappa shape index (κ1) is 17.4. The quantitative estimate of drug-likeness (QED) is 0.611. The number of nitrogens with zero attached hydrogens (tertiary/aromatic N) is 2. The average Bonchev–Trinajstić information content (AvgIpc) is 3.02. The normalized spacial score (nSPS) is 20.5. The number of rotatable bonds is 3. The Hall–Kier alpha value is -2.38. The van der Waals surface area contributed by atoms with Crippen molar-refractivity contribution in [2.24, 2.45) is 0 Å². The van der Waals surface area contributed by atoms with Crippen molar-refractivity contribution in [3.63, 3.8) is 0 Å². The molecule has 1 fully saturated rings. The van der Waals surface area contributed by atoms with Gasteiger partial charge in [0, 0.05) is 30.8 Å². The number of amides is 1. The molecular formula is C17H17ClN2O5. The van der Waals surface area contributed by atoms with Crippen LogP contribution in [0.2, 0.25) is 5.02 Å². The Kier molecular flexibility index (Phi) is 4.78. The molecule has 1 saturated heterocycles. The highest BCUT2D eigenvalue weighted by Crippen LogP contribution is 2.32. The second-order valence-electron chi connectivity index (χ2n) is 6.05. The van der Waals surface area contributed by atoms with E-state index >= 15 is 0 Å². The van der Waals surface area contributed by atoms with Gasteiger partial charge in [0.1, 0.15) is 5.76 Å². The molecule has 2 heterocycles. The van der Waals surface area contributed by atoms with Crippen LogP contribution in [0.15, 0.2) is 34.7 Å². The van der Waals surface area contributed by atoms with Crippen LogP contribution in [0, 0.1) is 10.1 Å². The summed E-state index contributed by atoms with van der Waals surface area (Å²) < 4.78 is 11.3. The lowest BCUT2D eigenvalue weighted by atomic mass is 10.1. The third-order valence-corrected chi connectivity index (χ3v) is 4.27. The number of benzene rings is 1. The Morgan fingerprint density at radius 3 is 2.52 bits per heavy atom. The minimum atomic E-state index is -0.520. The van der Waals surface area contributed by atoms with Crippen molar-refractivity contribution in [1.82, 2.24) is 4.90 Å². The fraction of sp³-hybridized carbons (Fsp3) is 0.353.